The average molecular weight is 314 g/mol. The molecule has 0 amide bonds. The maximum absolute atomic E-state index is 5.31. The molecule has 3 N–H and O–H groups in total. The SMILES string of the molecule is CN(Cc1csc(Br)c1)c1cc(NN)ncn1. The van der Waals surface area contributed by atoms with Crippen LogP contribution < -0.4 is 16.2 Å². The summed E-state index contributed by atoms with van der Waals surface area (Å²) in [4.78, 5) is 10.2. The molecule has 0 aromatic carbocycles. The first-order valence-electron chi connectivity index (χ1n) is 4.92. The van der Waals surface area contributed by atoms with Crippen molar-refractivity contribution < 1.29 is 0 Å². The number of nitrogens with two attached hydrogens (primary N) is 1. The summed E-state index contributed by atoms with van der Waals surface area (Å²) in [5, 5.41) is 2.11. The summed E-state index contributed by atoms with van der Waals surface area (Å²) in [5.74, 6) is 6.75. The molecule has 0 saturated carbocycles. The van der Waals surface area contributed by atoms with Gasteiger partial charge in [-0.2, -0.15) is 0 Å². The normalized spacial score (nSPS) is 10.3. The first-order chi connectivity index (χ1) is 8.19. The van der Waals surface area contributed by atoms with Crippen LogP contribution in [0.4, 0.5) is 11.6 Å². The van der Waals surface area contributed by atoms with Crippen molar-refractivity contribution >= 4 is 38.9 Å². The van der Waals surface area contributed by atoms with Crippen molar-refractivity contribution in [3.63, 3.8) is 0 Å². The lowest BCUT2D eigenvalue weighted by Gasteiger charge is -2.17. The van der Waals surface area contributed by atoms with Gasteiger partial charge in [0.1, 0.15) is 18.0 Å². The highest BCUT2D eigenvalue weighted by Gasteiger charge is 2.06. The van der Waals surface area contributed by atoms with Crippen LogP contribution in [0.15, 0.2) is 27.6 Å². The van der Waals surface area contributed by atoms with E-state index in [0.717, 1.165) is 16.1 Å². The predicted molar refractivity (Wildman–Crippen MR) is 74.0 cm³/mol. The second-order valence-electron chi connectivity index (χ2n) is 3.52. The number of nitrogen functional groups attached to an aromatic ring is 1. The highest BCUT2D eigenvalue weighted by atomic mass is 79.9. The molecule has 2 rings (SSSR count). The molecule has 0 aliphatic heterocycles. The number of nitrogens with one attached hydrogen (secondary N) is 1. The van der Waals surface area contributed by atoms with Crippen LogP contribution in [-0.4, -0.2) is 17.0 Å². The van der Waals surface area contributed by atoms with Gasteiger partial charge in [0.2, 0.25) is 0 Å². The third-order valence-corrected chi connectivity index (χ3v) is 3.79. The maximum Gasteiger partial charge on any atom is 0.145 e. The summed E-state index contributed by atoms with van der Waals surface area (Å²) in [6.07, 6.45) is 1.49. The zero-order chi connectivity index (χ0) is 12.3. The molecular weight excluding hydrogens is 302 g/mol. The molecule has 0 radical (unpaired) electrons. The summed E-state index contributed by atoms with van der Waals surface area (Å²) >= 11 is 5.12. The predicted octanol–water partition coefficient (Wildman–Crippen LogP) is 2.22. The lowest BCUT2D eigenvalue weighted by molar-refractivity contribution is 0.894. The third-order valence-electron chi connectivity index (χ3n) is 2.23. The standard InChI is InChI=1S/C10H12BrN5S/c1-16(4-7-2-8(11)17-5-7)10-3-9(15-12)13-6-14-10/h2-3,5-6H,4,12H2,1H3,(H,13,14,15). The second kappa shape index (κ2) is 5.44. The Hall–Kier alpha value is -1.18. The number of anilines is 2. The van der Waals surface area contributed by atoms with Gasteiger partial charge in [-0.25, -0.2) is 15.8 Å². The number of hydrogen-bond acceptors (Lipinski definition) is 6. The molecule has 7 heteroatoms. The summed E-state index contributed by atoms with van der Waals surface area (Å²) in [6, 6.07) is 3.91. The Kier molecular flexibility index (Phi) is 3.93. The fourth-order valence-electron chi connectivity index (χ4n) is 1.42. The average Bonchev–Trinajstić information content (AvgIpc) is 2.75. The number of halogens is 1. The largest absolute Gasteiger partial charge is 0.355 e. The molecular formula is C10H12BrN5S. The van der Waals surface area contributed by atoms with Gasteiger partial charge in [-0.05, 0) is 32.9 Å². The third kappa shape index (κ3) is 3.15. The highest BCUT2D eigenvalue weighted by Crippen LogP contribution is 2.23. The van der Waals surface area contributed by atoms with E-state index in [2.05, 4.69) is 42.8 Å². The molecule has 0 atom stereocenters. The Morgan fingerprint density at radius 2 is 2.29 bits per heavy atom. The van der Waals surface area contributed by atoms with Gasteiger partial charge in [0.05, 0.1) is 3.79 Å². The number of hydrogen-bond donors (Lipinski definition) is 2. The Morgan fingerprint density at radius 1 is 1.47 bits per heavy atom. The molecule has 2 heterocycles. The maximum atomic E-state index is 5.31. The van der Waals surface area contributed by atoms with Gasteiger partial charge in [0.25, 0.3) is 0 Å². The van der Waals surface area contributed by atoms with Gasteiger partial charge in [0, 0.05) is 19.7 Å². The zero-order valence-corrected chi connectivity index (χ0v) is 11.6. The quantitative estimate of drug-likeness (QED) is 0.669. The van der Waals surface area contributed by atoms with Crippen LogP contribution in [-0.2, 0) is 6.54 Å². The first kappa shape index (κ1) is 12.3. The Balaban J connectivity index is 2.11. The van der Waals surface area contributed by atoms with Crippen molar-refractivity contribution in [1.29, 1.82) is 0 Å². The van der Waals surface area contributed by atoms with Crippen LogP contribution in [0.5, 0.6) is 0 Å². The Morgan fingerprint density at radius 3 is 2.94 bits per heavy atom. The van der Waals surface area contributed by atoms with Crippen LogP contribution in [0.3, 0.4) is 0 Å². The molecule has 0 bridgehead atoms. The highest BCUT2D eigenvalue weighted by molar-refractivity contribution is 9.11. The zero-order valence-electron chi connectivity index (χ0n) is 9.22. The van der Waals surface area contributed by atoms with Crippen LogP contribution in [0.1, 0.15) is 5.56 Å². The summed E-state index contributed by atoms with van der Waals surface area (Å²) in [6.45, 7) is 0.795. The number of aromatic nitrogens is 2. The number of nitrogens with zero attached hydrogens (tertiary/aromatic N) is 3. The Labute approximate surface area is 112 Å². The van der Waals surface area contributed by atoms with Gasteiger partial charge in [-0.3, -0.25) is 0 Å². The molecule has 0 aliphatic rings. The van der Waals surface area contributed by atoms with E-state index in [9.17, 15) is 0 Å². The van der Waals surface area contributed by atoms with Gasteiger partial charge in [-0.15, -0.1) is 11.3 Å². The number of thiophene rings is 1. The number of rotatable bonds is 4. The summed E-state index contributed by atoms with van der Waals surface area (Å²) in [7, 11) is 1.98. The van der Waals surface area contributed by atoms with Crippen molar-refractivity contribution in [3.05, 3.63) is 33.2 Å². The molecule has 0 saturated heterocycles. The van der Waals surface area contributed by atoms with E-state index < -0.39 is 0 Å². The van der Waals surface area contributed by atoms with E-state index in [0.29, 0.717) is 5.82 Å². The summed E-state index contributed by atoms with van der Waals surface area (Å²) < 4.78 is 1.13. The van der Waals surface area contributed by atoms with E-state index >= 15 is 0 Å². The topological polar surface area (TPSA) is 67.1 Å². The molecule has 0 aliphatic carbocycles. The van der Waals surface area contributed by atoms with E-state index in [1.54, 1.807) is 17.4 Å². The van der Waals surface area contributed by atoms with Gasteiger partial charge in [0.15, 0.2) is 0 Å². The molecule has 2 aromatic rings. The van der Waals surface area contributed by atoms with Crippen molar-refractivity contribution in [3.8, 4) is 0 Å². The second-order valence-corrected chi connectivity index (χ2v) is 5.81. The molecule has 17 heavy (non-hydrogen) atoms. The fraction of sp³-hybridized carbons (Fsp3) is 0.200. The van der Waals surface area contributed by atoms with Crippen molar-refractivity contribution in [2.24, 2.45) is 5.84 Å². The van der Waals surface area contributed by atoms with Crippen LogP contribution in [0.25, 0.3) is 0 Å². The van der Waals surface area contributed by atoms with Gasteiger partial charge in [-0.1, -0.05) is 0 Å². The minimum atomic E-state index is 0.605. The Bertz CT molecular complexity index is 501. The van der Waals surface area contributed by atoms with Crippen LogP contribution >= 0.6 is 27.3 Å². The van der Waals surface area contributed by atoms with Crippen LogP contribution in [0, 0.1) is 0 Å². The minimum absolute atomic E-state index is 0.605. The van der Waals surface area contributed by atoms with Gasteiger partial charge < -0.3 is 10.3 Å². The van der Waals surface area contributed by atoms with E-state index in [1.165, 1.54) is 11.9 Å². The molecule has 90 valence electrons. The lowest BCUT2D eigenvalue weighted by atomic mass is 10.3. The fourth-order valence-corrected chi connectivity index (χ4v) is 2.62. The van der Waals surface area contributed by atoms with Gasteiger partial charge >= 0.3 is 0 Å². The molecule has 2 aromatic heterocycles. The first-order valence-corrected chi connectivity index (χ1v) is 6.59. The van der Waals surface area contributed by atoms with E-state index in [-0.39, 0.29) is 0 Å². The molecule has 0 unspecified atom stereocenters. The smallest absolute Gasteiger partial charge is 0.145 e. The number of hydrazine groups is 1. The summed E-state index contributed by atoms with van der Waals surface area (Å²) in [5.41, 5.74) is 3.75. The molecule has 0 fully saturated rings. The monoisotopic (exact) mass is 313 g/mol. The molecule has 0 spiro atoms. The van der Waals surface area contributed by atoms with Crippen LogP contribution in [0.2, 0.25) is 0 Å². The minimum Gasteiger partial charge on any atom is -0.355 e. The van der Waals surface area contributed by atoms with E-state index in [1.807, 2.05) is 11.9 Å². The molecule has 5 nitrogen and oxygen atoms in total. The van der Waals surface area contributed by atoms with Crippen molar-refractivity contribution in [2.45, 2.75) is 6.54 Å². The van der Waals surface area contributed by atoms with Crippen molar-refractivity contribution in [2.75, 3.05) is 17.4 Å². The van der Waals surface area contributed by atoms with Crippen molar-refractivity contribution in [1.82, 2.24) is 9.97 Å². The van der Waals surface area contributed by atoms with E-state index in [4.69, 9.17) is 5.84 Å². The lowest BCUT2D eigenvalue weighted by Crippen LogP contribution is -2.18.